The summed E-state index contributed by atoms with van der Waals surface area (Å²) in [6.07, 6.45) is 10.0. The molecule has 0 amide bonds. The number of aromatic nitrogens is 4. The van der Waals surface area contributed by atoms with Crippen molar-refractivity contribution in [3.63, 3.8) is 0 Å². The number of aryl methyl sites for hydroxylation is 1. The highest BCUT2D eigenvalue weighted by molar-refractivity contribution is 5.62. The van der Waals surface area contributed by atoms with E-state index in [0.29, 0.717) is 6.04 Å². The average molecular weight is 261 g/mol. The van der Waals surface area contributed by atoms with E-state index in [-0.39, 0.29) is 0 Å². The van der Waals surface area contributed by atoms with E-state index < -0.39 is 0 Å². The third-order valence-electron chi connectivity index (χ3n) is 3.37. The molecule has 0 fully saturated rings. The molecule has 0 spiro atoms. The summed E-state index contributed by atoms with van der Waals surface area (Å²) in [6.45, 7) is 6.37. The zero-order valence-electron chi connectivity index (χ0n) is 12.1. The Kier molecular flexibility index (Phi) is 4.71. The van der Waals surface area contributed by atoms with E-state index in [0.717, 1.165) is 23.7 Å². The molecule has 1 atom stereocenters. The summed E-state index contributed by atoms with van der Waals surface area (Å²) in [5.74, 6) is 1.71. The van der Waals surface area contributed by atoms with Crippen LogP contribution in [0.1, 0.15) is 51.8 Å². The van der Waals surface area contributed by atoms with E-state index >= 15 is 0 Å². The largest absolute Gasteiger partial charge is 0.364 e. The highest BCUT2D eigenvalue weighted by atomic mass is 15.3. The fraction of sp³-hybridized carbons (Fsp3) is 0.643. The number of rotatable bonds is 7. The molecule has 0 bridgehead atoms. The van der Waals surface area contributed by atoms with Crippen LogP contribution in [0.25, 0.3) is 5.65 Å². The minimum absolute atomic E-state index is 0.410. The van der Waals surface area contributed by atoms with Crippen molar-refractivity contribution in [2.24, 2.45) is 0 Å². The topological polar surface area (TPSA) is 55.1 Å². The Bertz CT molecular complexity index is 520. The maximum atomic E-state index is 4.37. The summed E-state index contributed by atoms with van der Waals surface area (Å²) >= 11 is 0. The lowest BCUT2D eigenvalue weighted by molar-refractivity contribution is 0.593. The summed E-state index contributed by atoms with van der Waals surface area (Å²) < 4.78 is 1.96. The van der Waals surface area contributed by atoms with Crippen molar-refractivity contribution in [3.8, 4) is 0 Å². The van der Waals surface area contributed by atoms with Gasteiger partial charge in [0.05, 0.1) is 0 Å². The quantitative estimate of drug-likeness (QED) is 0.778. The average Bonchev–Trinajstić information content (AvgIpc) is 2.78. The van der Waals surface area contributed by atoms with Crippen molar-refractivity contribution in [2.45, 2.75) is 58.9 Å². The Labute approximate surface area is 114 Å². The molecule has 2 rings (SSSR count). The fourth-order valence-corrected chi connectivity index (χ4v) is 2.23. The number of nitrogens with zero attached hydrogens (tertiary/aromatic N) is 4. The van der Waals surface area contributed by atoms with Crippen molar-refractivity contribution < 1.29 is 0 Å². The molecule has 2 heterocycles. The predicted molar refractivity (Wildman–Crippen MR) is 77.4 cm³/mol. The lowest BCUT2D eigenvalue weighted by atomic mass is 10.1. The van der Waals surface area contributed by atoms with E-state index in [9.17, 15) is 0 Å². The minimum Gasteiger partial charge on any atom is -0.364 e. The fourth-order valence-electron chi connectivity index (χ4n) is 2.23. The first-order valence-corrected chi connectivity index (χ1v) is 7.15. The van der Waals surface area contributed by atoms with Gasteiger partial charge in [-0.3, -0.25) is 4.40 Å². The molecule has 2 aromatic rings. The molecule has 0 saturated heterocycles. The van der Waals surface area contributed by atoms with Gasteiger partial charge in [-0.05, 0) is 20.3 Å². The maximum absolute atomic E-state index is 4.37. The minimum atomic E-state index is 0.410. The smallest absolute Gasteiger partial charge is 0.203 e. The van der Waals surface area contributed by atoms with Crippen LogP contribution in [0.5, 0.6) is 0 Å². The molecule has 0 radical (unpaired) electrons. The summed E-state index contributed by atoms with van der Waals surface area (Å²) in [7, 11) is 0. The lowest BCUT2D eigenvalue weighted by Gasteiger charge is -2.14. The first kappa shape index (κ1) is 13.8. The van der Waals surface area contributed by atoms with Crippen LogP contribution in [0.2, 0.25) is 0 Å². The molecule has 5 nitrogen and oxygen atoms in total. The number of unbranched alkanes of at least 4 members (excludes halogenated alkanes) is 3. The Morgan fingerprint density at radius 3 is 2.89 bits per heavy atom. The Morgan fingerprint density at radius 2 is 2.11 bits per heavy atom. The van der Waals surface area contributed by atoms with Gasteiger partial charge in [-0.1, -0.05) is 32.6 Å². The van der Waals surface area contributed by atoms with Crippen molar-refractivity contribution in [2.75, 3.05) is 5.32 Å². The molecule has 5 heteroatoms. The summed E-state index contributed by atoms with van der Waals surface area (Å²) in [5.41, 5.74) is 0.806. The van der Waals surface area contributed by atoms with Gasteiger partial charge in [0.15, 0.2) is 5.82 Å². The van der Waals surface area contributed by atoms with Gasteiger partial charge >= 0.3 is 0 Å². The Hall–Kier alpha value is -1.65. The third kappa shape index (κ3) is 3.43. The van der Waals surface area contributed by atoms with Crippen molar-refractivity contribution in [1.29, 1.82) is 0 Å². The van der Waals surface area contributed by atoms with Crippen LogP contribution < -0.4 is 5.32 Å². The highest BCUT2D eigenvalue weighted by Crippen LogP contribution is 2.15. The SMILES string of the molecule is CCCCCCC(C)Nc1nccn2c(C)nnc12. The van der Waals surface area contributed by atoms with Gasteiger partial charge in [0, 0.05) is 18.4 Å². The van der Waals surface area contributed by atoms with Gasteiger partial charge in [-0.25, -0.2) is 4.98 Å². The molecule has 0 aliphatic rings. The van der Waals surface area contributed by atoms with Crippen LogP contribution in [-0.4, -0.2) is 25.6 Å². The molecule has 1 unspecified atom stereocenters. The first-order valence-electron chi connectivity index (χ1n) is 7.15. The van der Waals surface area contributed by atoms with Gasteiger partial charge in [-0.2, -0.15) is 0 Å². The number of hydrogen-bond acceptors (Lipinski definition) is 4. The molecule has 0 saturated carbocycles. The molecule has 1 N–H and O–H groups in total. The molecule has 2 aromatic heterocycles. The number of nitrogens with one attached hydrogen (secondary N) is 1. The van der Waals surface area contributed by atoms with E-state index in [1.807, 2.05) is 17.5 Å². The Morgan fingerprint density at radius 1 is 1.26 bits per heavy atom. The molecule has 0 aliphatic heterocycles. The van der Waals surface area contributed by atoms with Crippen LogP contribution in [-0.2, 0) is 0 Å². The molecular formula is C14H23N5. The Balaban J connectivity index is 1.97. The van der Waals surface area contributed by atoms with E-state index in [2.05, 4.69) is 34.3 Å². The van der Waals surface area contributed by atoms with Gasteiger partial charge in [0.2, 0.25) is 5.65 Å². The summed E-state index contributed by atoms with van der Waals surface area (Å²) in [4.78, 5) is 4.37. The van der Waals surface area contributed by atoms with Gasteiger partial charge in [0.1, 0.15) is 5.82 Å². The summed E-state index contributed by atoms with van der Waals surface area (Å²) in [6, 6.07) is 0.410. The van der Waals surface area contributed by atoms with Gasteiger partial charge in [-0.15, -0.1) is 10.2 Å². The number of anilines is 1. The molecule has 19 heavy (non-hydrogen) atoms. The maximum Gasteiger partial charge on any atom is 0.203 e. The lowest BCUT2D eigenvalue weighted by Crippen LogP contribution is -2.16. The summed E-state index contributed by atoms with van der Waals surface area (Å²) in [5, 5.41) is 11.7. The second-order valence-electron chi connectivity index (χ2n) is 5.11. The van der Waals surface area contributed by atoms with E-state index in [1.54, 1.807) is 6.20 Å². The second-order valence-corrected chi connectivity index (χ2v) is 5.11. The van der Waals surface area contributed by atoms with E-state index in [4.69, 9.17) is 0 Å². The molecular weight excluding hydrogens is 238 g/mol. The van der Waals surface area contributed by atoms with Crippen molar-refractivity contribution >= 4 is 11.5 Å². The molecule has 104 valence electrons. The van der Waals surface area contributed by atoms with Crippen LogP contribution in [0.4, 0.5) is 5.82 Å². The molecule has 0 aromatic carbocycles. The second kappa shape index (κ2) is 6.50. The normalized spacial score (nSPS) is 12.8. The van der Waals surface area contributed by atoms with Gasteiger partial charge in [0.25, 0.3) is 0 Å². The van der Waals surface area contributed by atoms with E-state index in [1.165, 1.54) is 25.7 Å². The zero-order valence-corrected chi connectivity index (χ0v) is 12.1. The zero-order chi connectivity index (χ0) is 13.7. The third-order valence-corrected chi connectivity index (χ3v) is 3.37. The van der Waals surface area contributed by atoms with Crippen LogP contribution >= 0.6 is 0 Å². The first-order chi connectivity index (χ1) is 9.22. The molecule has 0 aliphatic carbocycles. The van der Waals surface area contributed by atoms with Crippen molar-refractivity contribution in [1.82, 2.24) is 19.6 Å². The van der Waals surface area contributed by atoms with Gasteiger partial charge < -0.3 is 5.32 Å². The van der Waals surface area contributed by atoms with Crippen LogP contribution in [0, 0.1) is 6.92 Å². The van der Waals surface area contributed by atoms with Crippen LogP contribution in [0.15, 0.2) is 12.4 Å². The predicted octanol–water partition coefficient (Wildman–Crippen LogP) is 3.20. The van der Waals surface area contributed by atoms with Crippen molar-refractivity contribution in [3.05, 3.63) is 18.2 Å². The number of fused-ring (bicyclic) bond motifs is 1. The number of hydrogen-bond donors (Lipinski definition) is 1. The van der Waals surface area contributed by atoms with Crippen LogP contribution in [0.3, 0.4) is 0 Å². The standard InChI is InChI=1S/C14H23N5/c1-4-5-6-7-8-11(2)16-13-14-18-17-12(3)19(14)10-9-15-13/h9-11H,4-8H2,1-3H3,(H,15,16). The highest BCUT2D eigenvalue weighted by Gasteiger charge is 2.10. The monoisotopic (exact) mass is 261 g/mol.